The van der Waals surface area contributed by atoms with Gasteiger partial charge in [0.05, 0.1) is 23.3 Å². The normalized spacial score (nSPS) is 11.1. The van der Waals surface area contributed by atoms with Crippen molar-refractivity contribution in [3.63, 3.8) is 0 Å². The van der Waals surface area contributed by atoms with E-state index >= 15 is 17.6 Å². The van der Waals surface area contributed by atoms with Gasteiger partial charge in [-0.25, -0.2) is 17.6 Å². The van der Waals surface area contributed by atoms with Crippen molar-refractivity contribution >= 4 is 28.0 Å². The van der Waals surface area contributed by atoms with Gasteiger partial charge in [0.2, 0.25) is 0 Å². The van der Waals surface area contributed by atoms with Crippen LogP contribution in [0.1, 0.15) is 0 Å². The Bertz CT molecular complexity index is 991. The zero-order valence-corrected chi connectivity index (χ0v) is 16.3. The molecular weight excluding hydrogens is 382 g/mol. The third kappa shape index (κ3) is 3.49. The Morgan fingerprint density at radius 3 is 0.767 bits per heavy atom. The van der Waals surface area contributed by atoms with Gasteiger partial charge in [-0.3, -0.25) is 0 Å². The first-order valence-corrected chi connectivity index (χ1v) is 9.22. The number of hydrogen-bond acceptors (Lipinski definition) is 0. The molecule has 4 rings (SSSR count). The molecule has 4 aromatic rings. The van der Waals surface area contributed by atoms with Crippen molar-refractivity contribution < 1.29 is 36.4 Å². The summed E-state index contributed by atoms with van der Waals surface area (Å²) in [7, 11) is 0. The van der Waals surface area contributed by atoms with E-state index in [4.69, 9.17) is 0 Å². The molecule has 4 aromatic carbocycles. The fourth-order valence-electron chi connectivity index (χ4n) is 4.31. The Labute approximate surface area is 184 Å². The van der Waals surface area contributed by atoms with Gasteiger partial charge in [-0.15, -0.1) is 0 Å². The molecule has 0 spiro atoms. The summed E-state index contributed by atoms with van der Waals surface area (Å²) in [6.45, 7) is 0. The van der Waals surface area contributed by atoms with Gasteiger partial charge in [0.15, 0.2) is 0 Å². The molecule has 0 nitrogen and oxygen atoms in total. The van der Waals surface area contributed by atoms with Crippen LogP contribution < -0.4 is 40.7 Å². The van der Waals surface area contributed by atoms with Gasteiger partial charge in [0.1, 0.15) is 6.15 Å². The van der Waals surface area contributed by atoms with Gasteiger partial charge in [-0.05, 0) is 24.3 Å². The summed E-state index contributed by atoms with van der Waals surface area (Å²) >= 11 is 0. The Morgan fingerprint density at radius 1 is 0.367 bits per heavy atom. The van der Waals surface area contributed by atoms with Gasteiger partial charge in [0, 0.05) is 0 Å². The molecule has 144 valence electrons. The van der Waals surface area contributed by atoms with Gasteiger partial charge in [-0.2, -0.15) is 21.9 Å². The smallest absolute Gasteiger partial charge is 0.210 e. The van der Waals surface area contributed by atoms with Gasteiger partial charge < -0.3 is 0 Å². The maximum atomic E-state index is 15.2. The van der Waals surface area contributed by atoms with Gasteiger partial charge in [0.25, 0.3) is 0 Å². The molecule has 0 bridgehead atoms. The van der Waals surface area contributed by atoms with E-state index in [1.54, 1.807) is 24.3 Å². The van der Waals surface area contributed by atoms with Crippen molar-refractivity contribution in [1.82, 2.24) is 0 Å². The maximum absolute atomic E-state index is 15.2. The van der Waals surface area contributed by atoms with E-state index in [1.165, 1.54) is 72.8 Å². The molecule has 0 aliphatic heterocycles. The standard InChI is InChI=1S/C24H16BF4.Li/c26-21-13-5-1-9-17(21)25(18-10-2-6-14-22(18)27,19-11-3-7-15-23(19)28)20-12-4-8-16-24(20)29;/h1-16H;/q-1;+1. The summed E-state index contributed by atoms with van der Waals surface area (Å²) in [4.78, 5) is 0. The molecule has 0 fully saturated rings. The van der Waals surface area contributed by atoms with Crippen LogP contribution in [0.4, 0.5) is 17.6 Å². The Kier molecular flexibility index (Phi) is 6.55. The summed E-state index contributed by atoms with van der Waals surface area (Å²) in [5.41, 5.74) is 0.0844. The summed E-state index contributed by atoms with van der Waals surface area (Å²) < 4.78 is 60.7. The molecule has 6 heteroatoms. The first kappa shape index (κ1) is 22.0. The van der Waals surface area contributed by atoms with Crippen LogP contribution in [-0.2, 0) is 0 Å². The number of hydrogen-bond donors (Lipinski definition) is 0. The predicted octanol–water partition coefficient (Wildman–Crippen LogP) is 0.624. The Balaban J connectivity index is 0.00000256. The average molecular weight is 398 g/mol. The maximum Gasteiger partial charge on any atom is 1.00 e. The molecule has 0 aliphatic rings. The van der Waals surface area contributed by atoms with Crippen LogP contribution in [0, 0.1) is 23.3 Å². The molecule has 0 saturated carbocycles. The van der Waals surface area contributed by atoms with Crippen LogP contribution in [-0.4, -0.2) is 6.15 Å². The minimum atomic E-state index is -2.82. The molecular formula is C24H16BF4Li. The summed E-state index contributed by atoms with van der Waals surface area (Å²) in [5.74, 6) is -2.66. The Morgan fingerprint density at radius 2 is 0.567 bits per heavy atom. The molecule has 30 heavy (non-hydrogen) atoms. The molecule has 0 amide bonds. The van der Waals surface area contributed by atoms with E-state index in [0.717, 1.165) is 0 Å². The van der Waals surface area contributed by atoms with Crippen molar-refractivity contribution in [3.05, 3.63) is 120 Å². The third-order valence-corrected chi connectivity index (χ3v) is 5.49. The second-order valence-electron chi connectivity index (χ2n) is 6.95. The molecule has 0 radical (unpaired) electrons. The van der Waals surface area contributed by atoms with Crippen molar-refractivity contribution in [2.24, 2.45) is 0 Å². The molecule has 0 unspecified atom stereocenters. The van der Waals surface area contributed by atoms with Crippen LogP contribution in [0.15, 0.2) is 97.1 Å². The van der Waals surface area contributed by atoms with Crippen LogP contribution in [0.25, 0.3) is 0 Å². The van der Waals surface area contributed by atoms with Gasteiger partial charge >= 0.3 is 18.9 Å². The van der Waals surface area contributed by atoms with Crippen LogP contribution in [0.2, 0.25) is 0 Å². The van der Waals surface area contributed by atoms with Crippen LogP contribution in [0.3, 0.4) is 0 Å². The second kappa shape index (κ2) is 8.95. The number of rotatable bonds is 4. The molecule has 0 aromatic heterocycles. The SMILES string of the molecule is Fc1ccccc1[B-](c1ccccc1F)(c1ccccc1F)c1ccccc1F.[Li+]. The quantitative estimate of drug-likeness (QED) is 0.350. The predicted molar refractivity (Wildman–Crippen MR) is 110 cm³/mol. The molecule has 0 N–H and O–H groups in total. The van der Waals surface area contributed by atoms with Crippen molar-refractivity contribution in [3.8, 4) is 0 Å². The van der Waals surface area contributed by atoms with E-state index in [1.807, 2.05) is 0 Å². The topological polar surface area (TPSA) is 0 Å². The van der Waals surface area contributed by atoms with Gasteiger partial charge in [-0.1, -0.05) is 72.8 Å². The number of halogens is 4. The van der Waals surface area contributed by atoms with E-state index < -0.39 is 29.4 Å². The minimum absolute atomic E-state index is 0. The first-order chi connectivity index (χ1) is 14.1. The molecule has 0 heterocycles. The molecule has 0 atom stereocenters. The van der Waals surface area contributed by atoms with Crippen LogP contribution in [0.5, 0.6) is 0 Å². The summed E-state index contributed by atoms with van der Waals surface area (Å²) in [5, 5.41) is 0. The number of benzene rings is 4. The molecule has 0 saturated heterocycles. The zero-order chi connectivity index (χ0) is 20.4. The van der Waals surface area contributed by atoms with Crippen LogP contribution >= 0.6 is 0 Å². The zero-order valence-electron chi connectivity index (χ0n) is 16.3. The van der Waals surface area contributed by atoms with E-state index in [2.05, 4.69) is 0 Å². The van der Waals surface area contributed by atoms with Crippen molar-refractivity contribution in [2.75, 3.05) is 0 Å². The first-order valence-electron chi connectivity index (χ1n) is 9.22. The third-order valence-electron chi connectivity index (χ3n) is 5.49. The Hall–Kier alpha value is -2.74. The van der Waals surface area contributed by atoms with E-state index in [0.29, 0.717) is 0 Å². The average Bonchev–Trinajstić information content (AvgIpc) is 2.73. The van der Waals surface area contributed by atoms with Crippen molar-refractivity contribution in [2.45, 2.75) is 0 Å². The fraction of sp³-hybridized carbons (Fsp3) is 0. The summed E-state index contributed by atoms with van der Waals surface area (Å²) in [6.07, 6.45) is -2.82. The van der Waals surface area contributed by atoms with E-state index in [9.17, 15) is 0 Å². The fourth-order valence-corrected chi connectivity index (χ4v) is 4.31. The largest absolute Gasteiger partial charge is 1.00 e. The summed E-state index contributed by atoms with van der Waals surface area (Å²) in [6, 6.07) is 23.0. The van der Waals surface area contributed by atoms with Crippen molar-refractivity contribution in [1.29, 1.82) is 0 Å². The minimum Gasteiger partial charge on any atom is -0.210 e. The second-order valence-corrected chi connectivity index (χ2v) is 6.95. The molecule has 0 aliphatic carbocycles. The van der Waals surface area contributed by atoms with E-state index in [-0.39, 0.29) is 40.7 Å². The monoisotopic (exact) mass is 398 g/mol.